The van der Waals surface area contributed by atoms with E-state index in [1.54, 1.807) is 0 Å². The number of ether oxygens (including phenoxy) is 4. The zero-order chi connectivity index (χ0) is 83.9. The first-order chi connectivity index (χ1) is 55.2. The Bertz CT molecular complexity index is 2370. The summed E-state index contributed by atoms with van der Waals surface area (Å²) in [4.78, 5) is 104. The van der Waals surface area contributed by atoms with Crippen LogP contribution in [0.1, 0.15) is 427 Å². The van der Waals surface area contributed by atoms with Crippen LogP contribution >= 0.6 is 15.6 Å². The Hall–Kier alpha value is -0.960. The number of unbranched alkanes of at least 4 members (excludes halogenated alkanes) is 41. The smallest absolute Gasteiger partial charge is 0.756 e. The summed E-state index contributed by atoms with van der Waals surface area (Å²) in [7, 11) is -9.93. The summed E-state index contributed by atoms with van der Waals surface area (Å²) in [5.74, 6) is -2.10. The van der Waals surface area contributed by atoms with Gasteiger partial charge in [-0.15, -0.1) is 0 Å². The number of hydrogen-bond donors (Lipinski definition) is 6. The van der Waals surface area contributed by atoms with Crippen molar-refractivity contribution in [2.24, 2.45) is 0 Å². The fraction of sp³-hybridized carbons (Fsp3) is 0.932. The number of hydrogen-bond acceptors (Lipinski definition) is 21. The van der Waals surface area contributed by atoms with Gasteiger partial charge in [0.15, 0.2) is 0 Å². The number of phosphoric acid groups is 2. The number of ketones is 1. The van der Waals surface area contributed by atoms with Gasteiger partial charge in [0.05, 0.1) is 77.5 Å². The molecule has 0 aliphatic rings. The zero-order valence-electron chi connectivity index (χ0n) is 75.1. The summed E-state index contributed by atoms with van der Waals surface area (Å²) in [5.41, 5.74) is 0. The van der Waals surface area contributed by atoms with Gasteiger partial charge in [0.1, 0.15) is 24.2 Å². The minimum atomic E-state index is -4.99. The van der Waals surface area contributed by atoms with E-state index in [-0.39, 0.29) is 161 Å². The van der Waals surface area contributed by atoms with E-state index >= 15 is 0 Å². The third kappa shape index (κ3) is 83.9. The molecule has 0 rings (SSSR count). The van der Waals surface area contributed by atoms with Crippen LogP contribution in [0, 0.1) is 0 Å². The van der Waals surface area contributed by atoms with E-state index in [0.29, 0.717) is 64.2 Å². The number of Topliss-reactive ketones (excluding diaryl/α,β-unsaturated/α-hetero) is 1. The first-order valence-corrected chi connectivity index (χ1v) is 49.3. The molecule has 0 saturated heterocycles. The zero-order valence-corrected chi connectivity index (χ0v) is 80.9. The van der Waals surface area contributed by atoms with Crippen molar-refractivity contribution in [1.29, 1.82) is 0 Å². The van der Waals surface area contributed by atoms with E-state index in [0.717, 1.165) is 148 Å². The summed E-state index contributed by atoms with van der Waals surface area (Å²) in [6.07, 6.45) is 52.3. The van der Waals surface area contributed by atoms with Crippen LogP contribution in [0.15, 0.2) is 0 Å². The quantitative estimate of drug-likeness (QED) is 0.00822. The molecular formula is C88H170N4Na2O20P2. The molecule has 0 aromatic heterocycles. The van der Waals surface area contributed by atoms with Crippen molar-refractivity contribution in [2.75, 3.05) is 65.9 Å². The second kappa shape index (κ2) is 87.5. The van der Waals surface area contributed by atoms with E-state index in [9.17, 15) is 57.9 Å². The van der Waals surface area contributed by atoms with Gasteiger partial charge in [-0.3, -0.25) is 43.2 Å². The third-order valence-electron chi connectivity index (χ3n) is 20.7. The van der Waals surface area contributed by atoms with Crippen LogP contribution in [-0.2, 0) is 74.9 Å². The van der Waals surface area contributed by atoms with Gasteiger partial charge < -0.3 is 73.0 Å². The molecule has 0 saturated carbocycles. The van der Waals surface area contributed by atoms with Gasteiger partial charge >= 0.3 is 71.1 Å². The molecule has 0 bridgehead atoms. The van der Waals surface area contributed by atoms with Crippen LogP contribution in [0.5, 0.6) is 0 Å². The van der Waals surface area contributed by atoms with Gasteiger partial charge in [0, 0.05) is 64.5 Å². The minimum absolute atomic E-state index is 0. The maximum atomic E-state index is 13.2. The Labute approximate surface area is 750 Å². The van der Waals surface area contributed by atoms with Crippen LogP contribution in [0.4, 0.5) is 0 Å². The van der Waals surface area contributed by atoms with E-state index in [1.807, 2.05) is 0 Å². The minimum Gasteiger partial charge on any atom is -0.756 e. The topological polar surface area (TPSA) is 345 Å². The third-order valence-corrected chi connectivity index (χ3v) is 22.7. The molecule has 0 radical (unpaired) electrons. The molecule has 0 aromatic rings. The van der Waals surface area contributed by atoms with E-state index < -0.39 is 84.2 Å². The van der Waals surface area contributed by atoms with Crippen LogP contribution in [-0.4, -0.2) is 148 Å². The standard InChI is InChI=1S/C88H172N4O20P2.2Na/c1-7-13-19-25-29-33-37-43-47-55-79(93)71-85(97)91-77(73-105-67-63-81(57-49-41-23-17-11-5)111-87(99)61-51-45-39-35-31-27-21-15-9-3)75-109-113(101,102)107-69-65-89-83(95)59-53-54-60-84(96)90-66-70-108-114(103,104)110-76-78(92-86(98)72-80(94)56-48-44-38-34-30-26-20-14-8-2)74-106-68-64-82(58-50-42-24-18-12-6)112-88(100)62-52-46-40-36-32-28-22-16-10-4;;/h77-79,81-82,85,91,93,97H,7-76H2,1-6H3,(H,89,95)(H,90,96)(H,92,98)(H,101,102)(H,103,104);;/q;2*+1/p-2. The predicted molar refractivity (Wildman–Crippen MR) is 453 cm³/mol. The molecule has 3 amide bonds. The average Bonchev–Trinajstić information content (AvgIpc) is 0.912. The summed E-state index contributed by atoms with van der Waals surface area (Å²) < 4.78 is 70.7. The van der Waals surface area contributed by atoms with Crippen molar-refractivity contribution in [1.82, 2.24) is 21.3 Å². The normalized spacial score (nSPS) is 14.1. The van der Waals surface area contributed by atoms with Crippen molar-refractivity contribution < 1.29 is 154 Å². The molecule has 116 heavy (non-hydrogen) atoms. The Balaban J connectivity index is -0.0000638. The van der Waals surface area contributed by atoms with Gasteiger partial charge in [-0.05, 0) is 64.2 Å². The molecule has 24 nitrogen and oxygen atoms in total. The molecular weight excluding hydrogens is 1540 g/mol. The molecule has 6 N–H and O–H groups in total. The molecule has 0 aromatic carbocycles. The number of phosphoric ester groups is 2. The molecule has 0 fully saturated rings. The van der Waals surface area contributed by atoms with Crippen molar-refractivity contribution in [3.63, 3.8) is 0 Å². The molecule has 8 unspecified atom stereocenters. The molecule has 674 valence electrons. The fourth-order valence-corrected chi connectivity index (χ4v) is 15.3. The van der Waals surface area contributed by atoms with Crippen molar-refractivity contribution in [3.8, 4) is 0 Å². The number of amides is 3. The molecule has 0 aliphatic carbocycles. The van der Waals surface area contributed by atoms with E-state index in [1.165, 1.54) is 141 Å². The Morgan fingerprint density at radius 3 is 1.00 bits per heavy atom. The number of carbonyl (C=O) groups excluding carboxylic acids is 6. The maximum absolute atomic E-state index is 13.2. The van der Waals surface area contributed by atoms with Gasteiger partial charge in [0.25, 0.3) is 15.6 Å². The SMILES string of the molecule is CCCCCCCCCCCC(=O)CC(=O)NC(COCCC(CCCCCCC)OC(=O)CCCCCCCCCCC)COP(=O)([O-])OCCNC(=O)CCCCC(=O)NCCOP(=O)([O-])OCC(COCCC(CCCCCCC)OC(=O)CCCCCCCCCCC)NC(O)CC(O)CCCCCCCCCCC.[Na+].[Na+]. The second-order valence-electron chi connectivity index (χ2n) is 32.0. The molecule has 28 heteroatoms. The number of aliphatic hydroxyl groups excluding tert-OH is 2. The van der Waals surface area contributed by atoms with Gasteiger partial charge in [-0.2, -0.15) is 0 Å². The van der Waals surface area contributed by atoms with E-state index in [4.69, 9.17) is 37.0 Å². The van der Waals surface area contributed by atoms with Gasteiger partial charge in [0.2, 0.25) is 17.7 Å². The summed E-state index contributed by atoms with van der Waals surface area (Å²) in [6.45, 7) is 10.9. The first kappa shape index (κ1) is 119. The Kier molecular flexibility index (Phi) is 89.9. The summed E-state index contributed by atoms with van der Waals surface area (Å²) in [6, 6.07) is -1.84. The van der Waals surface area contributed by atoms with Crippen LogP contribution < -0.4 is 90.2 Å². The number of carbonyl (C=O) groups is 6. The largest absolute Gasteiger partial charge is 1.00 e. The average molecular weight is 1710 g/mol. The van der Waals surface area contributed by atoms with Crippen molar-refractivity contribution >= 4 is 51.1 Å². The number of nitrogens with one attached hydrogen (secondary N) is 4. The molecule has 8 atom stereocenters. The van der Waals surface area contributed by atoms with E-state index in [2.05, 4.69) is 62.8 Å². The fourth-order valence-electron chi connectivity index (χ4n) is 13.7. The van der Waals surface area contributed by atoms with Gasteiger partial charge in [-0.25, -0.2) is 0 Å². The van der Waals surface area contributed by atoms with Crippen LogP contribution in [0.2, 0.25) is 0 Å². The molecule has 0 heterocycles. The predicted octanol–water partition coefficient (Wildman–Crippen LogP) is 13.3. The van der Waals surface area contributed by atoms with Crippen LogP contribution in [0.25, 0.3) is 0 Å². The maximum Gasteiger partial charge on any atom is 1.00 e. The Morgan fingerprint density at radius 1 is 0.336 bits per heavy atom. The van der Waals surface area contributed by atoms with Crippen LogP contribution in [0.3, 0.4) is 0 Å². The summed E-state index contributed by atoms with van der Waals surface area (Å²) >= 11 is 0. The van der Waals surface area contributed by atoms with Crippen molar-refractivity contribution in [2.45, 2.75) is 463 Å². The van der Waals surface area contributed by atoms with Crippen molar-refractivity contribution in [3.05, 3.63) is 0 Å². The van der Waals surface area contributed by atoms with Gasteiger partial charge in [-0.1, -0.05) is 305 Å². The first-order valence-electron chi connectivity index (χ1n) is 46.4. The number of rotatable bonds is 90. The monoisotopic (exact) mass is 1710 g/mol. The summed E-state index contributed by atoms with van der Waals surface area (Å²) in [5, 5.41) is 32.8. The Morgan fingerprint density at radius 2 is 0.638 bits per heavy atom. The number of aliphatic hydroxyl groups is 2. The molecule has 0 aliphatic heterocycles. The molecule has 0 spiro atoms. The second-order valence-corrected chi connectivity index (χ2v) is 34.8. The number of esters is 2.